The van der Waals surface area contributed by atoms with Crippen LogP contribution in [0.2, 0.25) is 0 Å². The first kappa shape index (κ1) is 19.2. The molecule has 1 unspecified atom stereocenters. The molecule has 6 nitrogen and oxygen atoms in total. The standard InChI is InChI=1S/C16H13F2NO4.C5H6O/c17-16(18)22-13-7-3-5-11(15(13)23-16)14-9-19(20)8-10-4-1-2-6-12(10)21-14;1-5-3-2-4-6-5/h1-7,14,20H,8-9H2;2-4H,1H3. The van der Waals surface area contributed by atoms with Crippen LogP contribution < -0.4 is 14.2 Å². The van der Waals surface area contributed by atoms with Gasteiger partial charge in [-0.15, -0.1) is 8.78 Å². The number of halogens is 2. The van der Waals surface area contributed by atoms with Gasteiger partial charge in [0.15, 0.2) is 11.5 Å². The van der Waals surface area contributed by atoms with Crippen LogP contribution in [0.25, 0.3) is 0 Å². The Kier molecular flexibility index (Phi) is 5.12. The van der Waals surface area contributed by atoms with E-state index in [0.717, 1.165) is 16.4 Å². The number of rotatable bonds is 1. The second kappa shape index (κ2) is 7.73. The Balaban J connectivity index is 0.000000294. The van der Waals surface area contributed by atoms with E-state index < -0.39 is 12.4 Å². The topological polar surface area (TPSA) is 64.3 Å². The van der Waals surface area contributed by atoms with E-state index >= 15 is 0 Å². The van der Waals surface area contributed by atoms with E-state index in [0.29, 0.717) is 11.3 Å². The zero-order valence-electron chi connectivity index (χ0n) is 15.5. The minimum absolute atomic E-state index is 0.0434. The maximum atomic E-state index is 13.3. The average Bonchev–Trinajstić information content (AvgIpc) is 3.22. The number of hydrogen-bond donors (Lipinski definition) is 1. The molecular weight excluding hydrogens is 384 g/mol. The van der Waals surface area contributed by atoms with Crippen LogP contribution in [0.15, 0.2) is 65.3 Å². The van der Waals surface area contributed by atoms with Crippen molar-refractivity contribution >= 4 is 0 Å². The van der Waals surface area contributed by atoms with Crippen LogP contribution in [0.1, 0.15) is 23.0 Å². The van der Waals surface area contributed by atoms with Gasteiger partial charge in [-0.2, -0.15) is 5.06 Å². The summed E-state index contributed by atoms with van der Waals surface area (Å²) in [6.07, 6.45) is -2.70. The number of fused-ring (bicyclic) bond motifs is 2. The molecule has 2 aliphatic heterocycles. The molecule has 3 heterocycles. The highest BCUT2D eigenvalue weighted by Crippen LogP contribution is 2.46. The number of furan rings is 1. The van der Waals surface area contributed by atoms with Crippen molar-refractivity contribution in [2.24, 2.45) is 0 Å². The Labute approximate surface area is 165 Å². The minimum Gasteiger partial charge on any atom is -0.484 e. The van der Waals surface area contributed by atoms with Crippen LogP contribution in [0.4, 0.5) is 8.78 Å². The second-order valence-electron chi connectivity index (χ2n) is 6.63. The second-order valence-corrected chi connectivity index (χ2v) is 6.63. The SMILES string of the molecule is Cc1ccco1.ON1Cc2ccccc2OC(c2cccc3c2OC(F)(F)O3)C1. The summed E-state index contributed by atoms with van der Waals surface area (Å²) in [6, 6.07) is 15.7. The molecule has 5 rings (SSSR count). The number of ether oxygens (including phenoxy) is 3. The van der Waals surface area contributed by atoms with E-state index in [1.165, 1.54) is 6.07 Å². The molecule has 0 amide bonds. The molecule has 0 fully saturated rings. The fraction of sp³-hybridized carbons (Fsp3) is 0.238. The summed E-state index contributed by atoms with van der Waals surface area (Å²) in [5.41, 5.74) is 1.21. The summed E-state index contributed by atoms with van der Waals surface area (Å²) >= 11 is 0. The van der Waals surface area contributed by atoms with Crippen molar-refractivity contribution in [1.82, 2.24) is 5.06 Å². The molecule has 0 radical (unpaired) electrons. The van der Waals surface area contributed by atoms with Crippen molar-refractivity contribution in [3.63, 3.8) is 0 Å². The zero-order chi connectivity index (χ0) is 20.4. The van der Waals surface area contributed by atoms with Crippen molar-refractivity contribution < 1.29 is 32.6 Å². The quantitative estimate of drug-likeness (QED) is 0.622. The third-order valence-electron chi connectivity index (χ3n) is 4.44. The lowest BCUT2D eigenvalue weighted by atomic mass is 10.1. The van der Waals surface area contributed by atoms with Gasteiger partial charge in [0.1, 0.15) is 17.6 Å². The largest absolute Gasteiger partial charge is 0.586 e. The van der Waals surface area contributed by atoms with Gasteiger partial charge in [-0.3, -0.25) is 0 Å². The number of hydroxylamine groups is 2. The number of benzene rings is 2. The minimum atomic E-state index is -3.69. The summed E-state index contributed by atoms with van der Waals surface area (Å²) in [5.74, 6) is 1.46. The molecule has 0 spiro atoms. The first-order valence-corrected chi connectivity index (χ1v) is 8.98. The number of para-hydroxylation sites is 2. The van der Waals surface area contributed by atoms with E-state index in [1.807, 2.05) is 37.3 Å². The third kappa shape index (κ3) is 4.33. The molecule has 0 saturated carbocycles. The molecule has 1 N–H and O–H groups in total. The maximum Gasteiger partial charge on any atom is 0.586 e. The predicted octanol–water partition coefficient (Wildman–Crippen LogP) is 4.92. The van der Waals surface area contributed by atoms with Crippen molar-refractivity contribution in [2.75, 3.05) is 6.54 Å². The number of alkyl halides is 2. The Morgan fingerprint density at radius 2 is 1.79 bits per heavy atom. The Morgan fingerprint density at radius 1 is 1.00 bits per heavy atom. The van der Waals surface area contributed by atoms with Gasteiger partial charge in [0.05, 0.1) is 19.4 Å². The van der Waals surface area contributed by atoms with Crippen LogP contribution in [0.3, 0.4) is 0 Å². The molecule has 0 aliphatic carbocycles. The lowest BCUT2D eigenvalue weighted by Gasteiger charge is -2.20. The number of hydrogen-bond acceptors (Lipinski definition) is 6. The maximum absolute atomic E-state index is 13.3. The highest BCUT2D eigenvalue weighted by molar-refractivity contribution is 5.50. The molecule has 3 aromatic rings. The zero-order valence-corrected chi connectivity index (χ0v) is 15.5. The first-order valence-electron chi connectivity index (χ1n) is 8.98. The molecule has 0 bridgehead atoms. The van der Waals surface area contributed by atoms with Gasteiger partial charge in [0.2, 0.25) is 0 Å². The lowest BCUT2D eigenvalue weighted by molar-refractivity contribution is -0.287. The smallest absolute Gasteiger partial charge is 0.484 e. The van der Waals surface area contributed by atoms with Gasteiger partial charge in [-0.1, -0.05) is 30.3 Å². The Bertz CT molecular complexity index is 977. The molecule has 29 heavy (non-hydrogen) atoms. The normalized spacial score (nSPS) is 19.4. The fourth-order valence-electron chi connectivity index (χ4n) is 3.16. The van der Waals surface area contributed by atoms with Crippen LogP contribution in [-0.2, 0) is 6.54 Å². The van der Waals surface area contributed by atoms with Crippen LogP contribution >= 0.6 is 0 Å². The highest BCUT2D eigenvalue weighted by atomic mass is 19.3. The van der Waals surface area contributed by atoms with Crippen LogP contribution in [0, 0.1) is 6.92 Å². The molecule has 1 atom stereocenters. The van der Waals surface area contributed by atoms with Crippen LogP contribution in [-0.4, -0.2) is 23.1 Å². The lowest BCUT2D eigenvalue weighted by Crippen LogP contribution is -2.27. The summed E-state index contributed by atoms with van der Waals surface area (Å²) in [5, 5.41) is 11.1. The Morgan fingerprint density at radius 3 is 2.52 bits per heavy atom. The van der Waals surface area contributed by atoms with E-state index in [9.17, 15) is 14.0 Å². The van der Waals surface area contributed by atoms with Gasteiger partial charge in [0.25, 0.3) is 0 Å². The first-order chi connectivity index (χ1) is 13.9. The van der Waals surface area contributed by atoms with Crippen molar-refractivity contribution in [3.8, 4) is 17.2 Å². The molecule has 0 saturated heterocycles. The summed E-state index contributed by atoms with van der Waals surface area (Å²) < 4.78 is 46.5. The molecular formula is C21H19F2NO5. The fourth-order valence-corrected chi connectivity index (χ4v) is 3.16. The average molecular weight is 403 g/mol. The summed E-state index contributed by atoms with van der Waals surface area (Å²) in [6.45, 7) is 2.31. The van der Waals surface area contributed by atoms with Gasteiger partial charge in [0, 0.05) is 11.1 Å². The number of nitrogens with zero attached hydrogens (tertiary/aromatic N) is 1. The van der Waals surface area contributed by atoms with Gasteiger partial charge in [-0.25, -0.2) is 0 Å². The van der Waals surface area contributed by atoms with Gasteiger partial charge >= 0.3 is 6.29 Å². The highest BCUT2D eigenvalue weighted by Gasteiger charge is 2.45. The van der Waals surface area contributed by atoms with Gasteiger partial charge in [-0.05, 0) is 31.2 Å². The van der Waals surface area contributed by atoms with Gasteiger partial charge < -0.3 is 23.8 Å². The third-order valence-corrected chi connectivity index (χ3v) is 4.44. The summed E-state index contributed by atoms with van der Waals surface area (Å²) in [4.78, 5) is 0. The number of aryl methyl sites for hydroxylation is 1. The van der Waals surface area contributed by atoms with Crippen molar-refractivity contribution in [1.29, 1.82) is 0 Å². The van der Waals surface area contributed by atoms with Crippen molar-refractivity contribution in [2.45, 2.75) is 25.9 Å². The molecule has 152 valence electrons. The van der Waals surface area contributed by atoms with Crippen molar-refractivity contribution in [3.05, 3.63) is 77.7 Å². The molecule has 1 aromatic heterocycles. The van der Waals surface area contributed by atoms with Crippen LogP contribution in [0.5, 0.6) is 17.2 Å². The molecule has 2 aromatic carbocycles. The monoisotopic (exact) mass is 403 g/mol. The summed E-state index contributed by atoms with van der Waals surface area (Å²) in [7, 11) is 0. The van der Waals surface area contributed by atoms with E-state index in [1.54, 1.807) is 24.5 Å². The van der Waals surface area contributed by atoms with E-state index in [4.69, 9.17) is 9.15 Å². The predicted molar refractivity (Wildman–Crippen MR) is 98.1 cm³/mol. The molecule has 8 heteroatoms. The van der Waals surface area contributed by atoms with E-state index in [-0.39, 0.29) is 24.6 Å². The van der Waals surface area contributed by atoms with E-state index in [2.05, 4.69) is 9.47 Å². The Hall–Kier alpha value is -3.10. The molecule has 2 aliphatic rings.